The number of halogens is 2. The van der Waals surface area contributed by atoms with E-state index >= 15 is 0 Å². The third-order valence-electron chi connectivity index (χ3n) is 5.03. The van der Waals surface area contributed by atoms with Crippen LogP contribution in [-0.2, 0) is 0 Å². The van der Waals surface area contributed by atoms with Gasteiger partial charge in [-0.3, -0.25) is 9.98 Å². The number of H-pyrrole nitrogens is 1. The first-order chi connectivity index (χ1) is 15.0. The molecule has 1 aliphatic carbocycles. The van der Waals surface area contributed by atoms with Crippen LogP contribution in [0.2, 0.25) is 0 Å². The lowest BCUT2D eigenvalue weighted by atomic mass is 10.2. The molecule has 8 nitrogen and oxygen atoms in total. The number of aromatic hydroxyl groups is 2. The molecule has 0 amide bonds. The van der Waals surface area contributed by atoms with E-state index in [4.69, 9.17) is 0 Å². The van der Waals surface area contributed by atoms with E-state index in [1.54, 1.807) is 22.9 Å². The van der Waals surface area contributed by atoms with Crippen LogP contribution in [0.5, 0.6) is 11.8 Å². The molecule has 0 saturated heterocycles. The number of nitrogens with zero attached hydrogens (tertiary/aromatic N) is 4. The molecule has 0 radical (unpaired) electrons. The van der Waals surface area contributed by atoms with Gasteiger partial charge >= 0.3 is 0 Å². The van der Waals surface area contributed by atoms with Crippen molar-refractivity contribution in [2.75, 3.05) is 11.9 Å². The quantitative estimate of drug-likeness (QED) is 0.393. The van der Waals surface area contributed by atoms with Crippen LogP contribution in [0, 0.1) is 17.6 Å². The summed E-state index contributed by atoms with van der Waals surface area (Å²) in [5.74, 6) is -1.55. The monoisotopic (exact) mass is 424 g/mol. The van der Waals surface area contributed by atoms with Gasteiger partial charge in [-0.1, -0.05) is 6.07 Å². The van der Waals surface area contributed by atoms with Crippen LogP contribution in [0.1, 0.15) is 18.4 Å². The second-order valence-electron chi connectivity index (χ2n) is 7.45. The molecule has 3 aromatic heterocycles. The van der Waals surface area contributed by atoms with Crippen LogP contribution in [0.4, 0.5) is 20.3 Å². The molecule has 1 saturated carbocycles. The fraction of sp³-hybridized carbons (Fsp3) is 0.190. The number of rotatable bonds is 5. The highest BCUT2D eigenvalue weighted by Crippen LogP contribution is 2.28. The molecule has 31 heavy (non-hydrogen) atoms. The standard InChI is InChI=1S/C21H18F2N6O2/c22-14-2-1-3-15(19(14)23)26-16-8-17(24-9-11-4-5-11)29-20(27-16)13(10-25-29)6-12-7-18(30)28-21(12)31/h1-3,6-8,10-11,26,28,30-31H,4-5,9H2. The molecule has 1 fully saturated rings. The minimum absolute atomic E-state index is 0.0526. The second-order valence-corrected chi connectivity index (χ2v) is 7.45. The summed E-state index contributed by atoms with van der Waals surface area (Å²) >= 11 is 0. The summed E-state index contributed by atoms with van der Waals surface area (Å²) < 4.78 is 29.3. The molecule has 0 bridgehead atoms. The van der Waals surface area contributed by atoms with E-state index in [0.29, 0.717) is 34.4 Å². The van der Waals surface area contributed by atoms with Crippen LogP contribution < -0.4 is 16.0 Å². The van der Waals surface area contributed by atoms with E-state index in [2.05, 4.69) is 25.4 Å². The lowest BCUT2D eigenvalue weighted by molar-refractivity contribution is 0.425. The minimum atomic E-state index is -1.01. The van der Waals surface area contributed by atoms with E-state index in [1.807, 2.05) is 0 Å². The zero-order valence-electron chi connectivity index (χ0n) is 16.2. The van der Waals surface area contributed by atoms with Gasteiger partial charge in [-0.15, -0.1) is 0 Å². The van der Waals surface area contributed by atoms with Crippen molar-refractivity contribution in [3.63, 3.8) is 0 Å². The van der Waals surface area contributed by atoms with E-state index < -0.39 is 11.6 Å². The Morgan fingerprint density at radius 3 is 2.84 bits per heavy atom. The molecule has 158 valence electrons. The number of benzene rings is 1. The lowest BCUT2D eigenvalue weighted by Gasteiger charge is -2.08. The normalized spacial score (nSPS) is 15.2. The van der Waals surface area contributed by atoms with E-state index in [0.717, 1.165) is 18.9 Å². The summed E-state index contributed by atoms with van der Waals surface area (Å²) in [5, 5.41) is 27.1. The molecule has 1 aromatic carbocycles. The van der Waals surface area contributed by atoms with E-state index in [9.17, 15) is 19.0 Å². The van der Waals surface area contributed by atoms with Crippen LogP contribution in [0.3, 0.4) is 0 Å². The number of nitrogens with one attached hydrogen (secondary N) is 2. The number of fused-ring (bicyclic) bond motifs is 1. The van der Waals surface area contributed by atoms with Gasteiger partial charge in [0.05, 0.1) is 11.9 Å². The van der Waals surface area contributed by atoms with Gasteiger partial charge in [0.25, 0.3) is 0 Å². The van der Waals surface area contributed by atoms with Crippen LogP contribution in [0.15, 0.2) is 41.5 Å². The number of hydrogen-bond acceptors (Lipinski definition) is 6. The largest absolute Gasteiger partial charge is 0.494 e. The van der Waals surface area contributed by atoms with Crippen LogP contribution in [-0.4, -0.2) is 36.3 Å². The van der Waals surface area contributed by atoms with Crippen molar-refractivity contribution in [3.8, 4) is 11.8 Å². The fourth-order valence-corrected chi connectivity index (χ4v) is 3.23. The predicted octanol–water partition coefficient (Wildman–Crippen LogP) is 2.35. The van der Waals surface area contributed by atoms with E-state index in [-0.39, 0.29) is 23.3 Å². The average molecular weight is 424 g/mol. The first-order valence-corrected chi connectivity index (χ1v) is 9.71. The van der Waals surface area contributed by atoms with E-state index in [1.165, 1.54) is 18.2 Å². The Bertz CT molecular complexity index is 1410. The van der Waals surface area contributed by atoms with Crippen molar-refractivity contribution in [2.45, 2.75) is 12.8 Å². The van der Waals surface area contributed by atoms with Crippen molar-refractivity contribution in [3.05, 3.63) is 64.4 Å². The Morgan fingerprint density at radius 2 is 2.10 bits per heavy atom. The van der Waals surface area contributed by atoms with Gasteiger partial charge in [0.2, 0.25) is 0 Å². The van der Waals surface area contributed by atoms with Crippen molar-refractivity contribution in [1.29, 1.82) is 0 Å². The molecule has 3 heterocycles. The highest BCUT2D eigenvalue weighted by molar-refractivity contribution is 5.63. The molecule has 1 aliphatic rings. The van der Waals surface area contributed by atoms with Gasteiger partial charge in [0.15, 0.2) is 34.5 Å². The Balaban J connectivity index is 1.66. The molecule has 0 unspecified atom stereocenters. The summed E-state index contributed by atoms with van der Waals surface area (Å²) in [5.41, 5.74) is 1.21. The third kappa shape index (κ3) is 3.79. The van der Waals surface area contributed by atoms with Gasteiger partial charge in [0.1, 0.15) is 5.82 Å². The Labute approximate surface area is 174 Å². The van der Waals surface area contributed by atoms with Crippen LogP contribution >= 0.6 is 0 Å². The first kappa shape index (κ1) is 19.0. The Morgan fingerprint density at radius 1 is 1.26 bits per heavy atom. The maximum absolute atomic E-state index is 14.2. The second kappa shape index (κ2) is 7.38. The van der Waals surface area contributed by atoms with Crippen molar-refractivity contribution < 1.29 is 19.0 Å². The average Bonchev–Trinajstić information content (AvgIpc) is 3.40. The number of aromatic amines is 1. The third-order valence-corrected chi connectivity index (χ3v) is 5.03. The zero-order valence-corrected chi connectivity index (χ0v) is 16.2. The topological polar surface area (TPSA) is 111 Å². The summed E-state index contributed by atoms with van der Waals surface area (Å²) in [4.78, 5) is 11.5. The summed E-state index contributed by atoms with van der Waals surface area (Å²) in [7, 11) is 0. The molecular formula is C21H18F2N6O2. The highest BCUT2D eigenvalue weighted by Gasteiger charge is 2.20. The molecular weight excluding hydrogens is 406 g/mol. The molecule has 4 aromatic rings. The van der Waals surface area contributed by atoms with Crippen molar-refractivity contribution in [2.24, 2.45) is 10.9 Å². The van der Waals surface area contributed by atoms with Crippen molar-refractivity contribution in [1.82, 2.24) is 19.6 Å². The Kier molecular flexibility index (Phi) is 4.54. The predicted molar refractivity (Wildman–Crippen MR) is 109 cm³/mol. The SMILES string of the molecule is Oc1cc(C=c2cnn3c(=NCC4CC4)cc(Nc4cccc(F)c4F)nc23)c(O)[nH]1. The zero-order chi connectivity index (χ0) is 21.5. The molecule has 0 aliphatic heterocycles. The van der Waals surface area contributed by atoms with Gasteiger partial charge in [-0.2, -0.15) is 9.61 Å². The Hall–Kier alpha value is -3.95. The lowest BCUT2D eigenvalue weighted by Crippen LogP contribution is -2.20. The molecule has 0 atom stereocenters. The summed E-state index contributed by atoms with van der Waals surface area (Å²) in [6.07, 6.45) is 5.41. The van der Waals surface area contributed by atoms with Gasteiger partial charge < -0.3 is 15.5 Å². The summed E-state index contributed by atoms with van der Waals surface area (Å²) in [6.45, 7) is 0.637. The summed E-state index contributed by atoms with van der Waals surface area (Å²) in [6, 6.07) is 6.83. The fourth-order valence-electron chi connectivity index (χ4n) is 3.23. The molecule has 10 heteroatoms. The molecule has 0 spiro atoms. The smallest absolute Gasteiger partial charge is 0.198 e. The van der Waals surface area contributed by atoms with Crippen LogP contribution in [0.25, 0.3) is 11.7 Å². The number of anilines is 2. The minimum Gasteiger partial charge on any atom is -0.494 e. The number of aromatic nitrogens is 4. The molecule has 4 N–H and O–H groups in total. The van der Waals surface area contributed by atoms with Gasteiger partial charge in [0, 0.05) is 29.5 Å². The maximum Gasteiger partial charge on any atom is 0.198 e. The highest BCUT2D eigenvalue weighted by atomic mass is 19.2. The number of hydrogen-bond donors (Lipinski definition) is 4. The molecule has 5 rings (SSSR count). The maximum atomic E-state index is 14.2. The van der Waals surface area contributed by atoms with Crippen molar-refractivity contribution >= 4 is 23.2 Å². The van der Waals surface area contributed by atoms with Gasteiger partial charge in [-0.25, -0.2) is 13.8 Å². The first-order valence-electron chi connectivity index (χ1n) is 9.71. The van der Waals surface area contributed by atoms with Gasteiger partial charge in [-0.05, 0) is 37.0 Å².